The highest BCUT2D eigenvalue weighted by molar-refractivity contribution is 6.90. The van der Waals surface area contributed by atoms with Gasteiger partial charge < -0.3 is 4.74 Å². The SMILES string of the molecule is CCOCCCCC#C[Si](C(C)C)(C(C)C)C(C)C. The summed E-state index contributed by atoms with van der Waals surface area (Å²) >= 11 is 0. The van der Waals surface area contributed by atoms with Crippen LogP contribution < -0.4 is 0 Å². The first-order valence-corrected chi connectivity index (χ1v) is 10.2. The molecule has 0 spiro atoms. The van der Waals surface area contributed by atoms with Gasteiger partial charge in [-0.25, -0.2) is 0 Å². The van der Waals surface area contributed by atoms with Gasteiger partial charge in [-0.15, -0.1) is 11.5 Å². The average molecular weight is 283 g/mol. The van der Waals surface area contributed by atoms with Gasteiger partial charge in [0, 0.05) is 19.6 Å². The van der Waals surface area contributed by atoms with Crippen LogP contribution in [-0.2, 0) is 4.74 Å². The van der Waals surface area contributed by atoms with E-state index in [-0.39, 0.29) is 0 Å². The molecule has 0 saturated carbocycles. The second-order valence-corrected chi connectivity index (χ2v) is 11.9. The summed E-state index contributed by atoms with van der Waals surface area (Å²) in [6.07, 6.45) is 3.35. The van der Waals surface area contributed by atoms with Crippen LogP contribution in [0.4, 0.5) is 0 Å². The lowest BCUT2D eigenvalue weighted by molar-refractivity contribution is 0.144. The first-order valence-electron chi connectivity index (χ1n) is 7.97. The lowest BCUT2D eigenvalue weighted by Crippen LogP contribution is -2.43. The Balaban J connectivity index is 4.51. The third kappa shape index (κ3) is 5.71. The second-order valence-electron chi connectivity index (χ2n) is 6.35. The quantitative estimate of drug-likeness (QED) is 0.328. The fourth-order valence-corrected chi connectivity index (χ4v) is 8.51. The highest BCUT2D eigenvalue weighted by atomic mass is 28.3. The summed E-state index contributed by atoms with van der Waals surface area (Å²) in [4.78, 5) is 0. The van der Waals surface area contributed by atoms with Gasteiger partial charge in [0.2, 0.25) is 0 Å². The van der Waals surface area contributed by atoms with Gasteiger partial charge in [0.25, 0.3) is 0 Å². The zero-order valence-electron chi connectivity index (χ0n) is 14.2. The zero-order valence-corrected chi connectivity index (χ0v) is 15.2. The fraction of sp³-hybridized carbons (Fsp3) is 0.882. The van der Waals surface area contributed by atoms with Gasteiger partial charge in [0.15, 0.2) is 0 Å². The van der Waals surface area contributed by atoms with E-state index in [1.807, 2.05) is 6.92 Å². The Hall–Kier alpha value is -0.263. The Morgan fingerprint density at radius 3 is 1.84 bits per heavy atom. The maximum absolute atomic E-state index is 5.36. The summed E-state index contributed by atoms with van der Waals surface area (Å²) in [5, 5.41) is 0. The average Bonchev–Trinajstić information content (AvgIpc) is 2.31. The van der Waals surface area contributed by atoms with Crippen LogP contribution in [0.1, 0.15) is 67.7 Å². The van der Waals surface area contributed by atoms with Crippen molar-refractivity contribution in [3.63, 3.8) is 0 Å². The normalized spacial score (nSPS) is 12.1. The minimum absolute atomic E-state index is 0.739. The first-order chi connectivity index (χ1) is 8.89. The highest BCUT2D eigenvalue weighted by Gasteiger charge is 2.41. The molecule has 19 heavy (non-hydrogen) atoms. The van der Waals surface area contributed by atoms with Crippen LogP contribution in [0, 0.1) is 11.5 Å². The topological polar surface area (TPSA) is 9.23 Å². The van der Waals surface area contributed by atoms with Gasteiger partial charge in [-0.1, -0.05) is 41.5 Å². The van der Waals surface area contributed by atoms with Crippen molar-refractivity contribution in [2.45, 2.75) is 84.4 Å². The minimum atomic E-state index is -1.50. The number of hydrogen-bond acceptors (Lipinski definition) is 1. The van der Waals surface area contributed by atoms with Crippen LogP contribution in [-0.4, -0.2) is 21.3 Å². The number of unbranched alkanes of at least 4 members (excludes halogenated alkanes) is 2. The Morgan fingerprint density at radius 1 is 0.895 bits per heavy atom. The smallest absolute Gasteiger partial charge is 0.145 e. The fourth-order valence-electron chi connectivity index (χ4n) is 3.21. The molecule has 0 aliphatic heterocycles. The molecule has 0 aliphatic rings. The van der Waals surface area contributed by atoms with Crippen molar-refractivity contribution in [2.24, 2.45) is 0 Å². The lowest BCUT2D eigenvalue weighted by atomic mass is 10.2. The van der Waals surface area contributed by atoms with Gasteiger partial charge in [0.05, 0.1) is 0 Å². The summed E-state index contributed by atoms with van der Waals surface area (Å²) in [7, 11) is -1.50. The largest absolute Gasteiger partial charge is 0.382 e. The van der Waals surface area contributed by atoms with E-state index in [0.29, 0.717) is 0 Å². The zero-order chi connectivity index (χ0) is 14.9. The molecular formula is C17H34OSi. The molecule has 0 rings (SSSR count). The Labute approximate surface area is 122 Å². The predicted molar refractivity (Wildman–Crippen MR) is 89.2 cm³/mol. The monoisotopic (exact) mass is 282 g/mol. The minimum Gasteiger partial charge on any atom is -0.382 e. The van der Waals surface area contributed by atoms with Gasteiger partial charge in [-0.3, -0.25) is 0 Å². The lowest BCUT2D eigenvalue weighted by Gasteiger charge is -2.38. The molecule has 0 saturated heterocycles. The molecule has 0 bridgehead atoms. The Morgan fingerprint density at radius 2 is 1.42 bits per heavy atom. The number of hydrogen-bond donors (Lipinski definition) is 0. The van der Waals surface area contributed by atoms with Crippen molar-refractivity contribution in [3.8, 4) is 11.5 Å². The van der Waals surface area contributed by atoms with Crippen LogP contribution in [0.25, 0.3) is 0 Å². The Bertz CT molecular complexity index is 262. The number of ether oxygens (including phenoxy) is 1. The van der Waals surface area contributed by atoms with Gasteiger partial charge in [-0.05, 0) is 36.4 Å². The summed E-state index contributed by atoms with van der Waals surface area (Å²) in [5.74, 6) is 3.50. The molecule has 0 unspecified atom stereocenters. The third-order valence-corrected chi connectivity index (χ3v) is 10.6. The molecule has 112 valence electrons. The molecule has 0 atom stereocenters. The van der Waals surface area contributed by atoms with Gasteiger partial charge in [0.1, 0.15) is 8.07 Å². The molecule has 0 amide bonds. The Kier molecular flexibility index (Phi) is 9.48. The molecule has 1 nitrogen and oxygen atoms in total. The first kappa shape index (κ1) is 18.7. The van der Waals surface area contributed by atoms with Crippen LogP contribution in [0.2, 0.25) is 16.6 Å². The standard InChI is InChI=1S/C17H34OSi/c1-8-18-13-11-9-10-12-14-19(15(2)3,16(4)5)17(6)7/h15-17H,8-11,13H2,1-7H3. The van der Waals surface area contributed by atoms with Crippen molar-refractivity contribution in [3.05, 3.63) is 0 Å². The molecule has 0 aliphatic carbocycles. The molecule has 2 heteroatoms. The van der Waals surface area contributed by atoms with E-state index < -0.39 is 8.07 Å². The van der Waals surface area contributed by atoms with Crippen molar-refractivity contribution in [2.75, 3.05) is 13.2 Å². The summed E-state index contributed by atoms with van der Waals surface area (Å²) in [6, 6.07) is 0. The van der Waals surface area contributed by atoms with Crippen LogP contribution in [0.3, 0.4) is 0 Å². The highest BCUT2D eigenvalue weighted by Crippen LogP contribution is 2.40. The van der Waals surface area contributed by atoms with Crippen molar-refractivity contribution < 1.29 is 4.74 Å². The summed E-state index contributed by atoms with van der Waals surface area (Å²) in [5.41, 5.74) is 5.99. The second kappa shape index (κ2) is 9.61. The van der Waals surface area contributed by atoms with Crippen molar-refractivity contribution in [1.82, 2.24) is 0 Å². The van der Waals surface area contributed by atoms with E-state index in [0.717, 1.165) is 42.7 Å². The van der Waals surface area contributed by atoms with Crippen molar-refractivity contribution in [1.29, 1.82) is 0 Å². The molecule has 0 aromatic carbocycles. The molecular weight excluding hydrogens is 248 g/mol. The maximum Gasteiger partial charge on any atom is 0.145 e. The molecule has 0 heterocycles. The molecule has 0 radical (unpaired) electrons. The van der Waals surface area contributed by atoms with Crippen LogP contribution in [0.5, 0.6) is 0 Å². The number of rotatable bonds is 8. The summed E-state index contributed by atoms with van der Waals surface area (Å²) in [6.45, 7) is 18.0. The van der Waals surface area contributed by atoms with E-state index in [4.69, 9.17) is 4.74 Å². The van der Waals surface area contributed by atoms with E-state index in [2.05, 4.69) is 53.0 Å². The molecule has 0 fully saturated rings. The van der Waals surface area contributed by atoms with E-state index in [1.165, 1.54) is 6.42 Å². The predicted octanol–water partition coefficient (Wildman–Crippen LogP) is 5.41. The molecule has 0 N–H and O–H groups in total. The molecule has 0 aromatic rings. The summed E-state index contributed by atoms with van der Waals surface area (Å²) < 4.78 is 5.36. The van der Waals surface area contributed by atoms with Crippen molar-refractivity contribution >= 4 is 8.07 Å². The van der Waals surface area contributed by atoms with E-state index in [9.17, 15) is 0 Å². The van der Waals surface area contributed by atoms with E-state index >= 15 is 0 Å². The van der Waals surface area contributed by atoms with Gasteiger partial charge in [-0.2, -0.15) is 0 Å². The maximum atomic E-state index is 5.36. The van der Waals surface area contributed by atoms with Gasteiger partial charge >= 0.3 is 0 Å². The van der Waals surface area contributed by atoms with Crippen LogP contribution >= 0.6 is 0 Å². The van der Waals surface area contributed by atoms with E-state index in [1.54, 1.807) is 0 Å². The van der Waals surface area contributed by atoms with Crippen LogP contribution in [0.15, 0.2) is 0 Å². The molecule has 0 aromatic heterocycles. The third-order valence-electron chi connectivity index (χ3n) is 4.22.